The normalized spacial score (nSPS) is 14.5. The average Bonchev–Trinajstić information content (AvgIpc) is 2.78. The van der Waals surface area contributed by atoms with E-state index in [0.717, 1.165) is 5.56 Å². The molecule has 2 aromatic carbocycles. The maximum Gasteiger partial charge on any atom is 0.416 e. The summed E-state index contributed by atoms with van der Waals surface area (Å²) in [6, 6.07) is 13.0. The lowest BCUT2D eigenvalue weighted by atomic mass is 9.89. The van der Waals surface area contributed by atoms with Gasteiger partial charge in [-0.25, -0.2) is 14.0 Å². The molecular weight excluding hydrogens is 467 g/mol. The van der Waals surface area contributed by atoms with Gasteiger partial charge < -0.3 is 14.2 Å². The Kier molecular flexibility index (Phi) is 6.53. The number of nitrogens with zero attached hydrogens (tertiary/aromatic N) is 3. The lowest BCUT2D eigenvalue weighted by Gasteiger charge is -2.42. The lowest BCUT2D eigenvalue weighted by Crippen LogP contribution is -2.50. The molecule has 36 heavy (non-hydrogen) atoms. The molecule has 3 aromatic rings. The van der Waals surface area contributed by atoms with Crippen molar-refractivity contribution in [3.05, 3.63) is 71.7 Å². The first-order valence-electron chi connectivity index (χ1n) is 11.3. The second-order valence-electron chi connectivity index (χ2n) is 9.74. The van der Waals surface area contributed by atoms with Crippen LogP contribution in [-0.2, 0) is 16.8 Å². The minimum Gasteiger partial charge on any atom is -0.444 e. The maximum absolute atomic E-state index is 15.3. The summed E-state index contributed by atoms with van der Waals surface area (Å²) in [6.45, 7) is 8.75. The molecule has 4 rings (SSSR count). The van der Waals surface area contributed by atoms with Gasteiger partial charge in [0.05, 0.1) is 17.8 Å². The number of amides is 2. The third kappa shape index (κ3) is 5.37. The van der Waals surface area contributed by atoms with Gasteiger partial charge >= 0.3 is 12.2 Å². The first kappa shape index (κ1) is 24.9. The molecule has 9 nitrogen and oxygen atoms in total. The van der Waals surface area contributed by atoms with E-state index in [9.17, 15) is 9.59 Å². The Hall–Kier alpha value is -4.21. The summed E-state index contributed by atoms with van der Waals surface area (Å²) in [4.78, 5) is 26.5. The van der Waals surface area contributed by atoms with Crippen molar-refractivity contribution in [1.29, 1.82) is 0 Å². The molecule has 0 radical (unpaired) electrons. The maximum atomic E-state index is 15.3. The number of anilines is 1. The predicted octanol–water partition coefficient (Wildman–Crippen LogP) is 6.00. The minimum absolute atomic E-state index is 0.0452. The Morgan fingerprint density at radius 3 is 2.64 bits per heavy atom. The van der Waals surface area contributed by atoms with E-state index in [1.807, 2.05) is 13.8 Å². The molecule has 1 aliphatic heterocycles. The van der Waals surface area contributed by atoms with E-state index in [2.05, 4.69) is 15.5 Å². The molecule has 2 amide bonds. The second-order valence-corrected chi connectivity index (χ2v) is 9.74. The molecule has 0 saturated heterocycles. The molecule has 0 bridgehead atoms. The van der Waals surface area contributed by atoms with E-state index in [0.29, 0.717) is 17.4 Å². The van der Waals surface area contributed by atoms with Gasteiger partial charge in [-0.15, -0.1) is 5.10 Å². The fourth-order valence-corrected chi connectivity index (χ4v) is 3.79. The van der Waals surface area contributed by atoms with E-state index >= 15 is 4.39 Å². The summed E-state index contributed by atoms with van der Waals surface area (Å²) in [5.74, 6) is 0.406. The highest BCUT2D eigenvalue weighted by Crippen LogP contribution is 2.42. The first-order valence-corrected chi connectivity index (χ1v) is 11.3. The van der Waals surface area contributed by atoms with Crippen LogP contribution in [0.15, 0.2) is 54.7 Å². The molecule has 1 aliphatic rings. The Balaban J connectivity index is 1.55. The first-order chi connectivity index (χ1) is 16.9. The van der Waals surface area contributed by atoms with Crippen LogP contribution in [0.3, 0.4) is 0 Å². The van der Waals surface area contributed by atoms with Crippen LogP contribution in [0.25, 0.3) is 0 Å². The standard InChI is InChI=1S/C26H27FN4O5/c1-25(2,3)36-23(32)29-19-9-6-8-16(22(19)27)15-31-24(33)35-20-14-17(11-12-18(20)26(31,4)5)34-21-10-7-13-28-30-21/h6-14H,15H2,1-5H3,(H,29,32). The lowest BCUT2D eigenvalue weighted by molar-refractivity contribution is 0.0633. The smallest absolute Gasteiger partial charge is 0.416 e. The molecular formula is C26H27FN4O5. The van der Waals surface area contributed by atoms with Crippen LogP contribution >= 0.6 is 0 Å². The topological polar surface area (TPSA) is 103 Å². The van der Waals surface area contributed by atoms with E-state index in [1.54, 1.807) is 63.2 Å². The third-order valence-corrected chi connectivity index (χ3v) is 5.52. The van der Waals surface area contributed by atoms with Gasteiger partial charge in [-0.2, -0.15) is 5.10 Å². The van der Waals surface area contributed by atoms with Crippen LogP contribution in [0, 0.1) is 5.82 Å². The van der Waals surface area contributed by atoms with Crippen molar-refractivity contribution >= 4 is 17.9 Å². The van der Waals surface area contributed by atoms with Crippen molar-refractivity contribution in [3.63, 3.8) is 0 Å². The van der Waals surface area contributed by atoms with E-state index in [1.165, 1.54) is 17.2 Å². The number of ether oxygens (including phenoxy) is 3. The van der Waals surface area contributed by atoms with Crippen LogP contribution in [-0.4, -0.2) is 32.9 Å². The summed E-state index contributed by atoms with van der Waals surface area (Å²) in [6.07, 6.45) is 0.115. The Bertz CT molecular complexity index is 1290. The van der Waals surface area contributed by atoms with Crippen molar-refractivity contribution in [3.8, 4) is 17.4 Å². The van der Waals surface area contributed by atoms with Crippen LogP contribution in [0.2, 0.25) is 0 Å². The van der Waals surface area contributed by atoms with Crippen molar-refractivity contribution in [1.82, 2.24) is 15.1 Å². The summed E-state index contributed by atoms with van der Waals surface area (Å²) in [7, 11) is 0. The predicted molar refractivity (Wildman–Crippen MR) is 129 cm³/mol. The molecule has 0 fully saturated rings. The van der Waals surface area contributed by atoms with Gasteiger partial charge in [-0.3, -0.25) is 10.2 Å². The van der Waals surface area contributed by atoms with Gasteiger partial charge in [0.2, 0.25) is 5.88 Å². The highest BCUT2D eigenvalue weighted by atomic mass is 19.1. The highest BCUT2D eigenvalue weighted by Gasteiger charge is 2.41. The number of carbonyl (C=O) groups excluding carboxylic acids is 2. The number of fused-ring (bicyclic) bond motifs is 1. The number of halogens is 1. The van der Waals surface area contributed by atoms with Crippen LogP contribution in [0.4, 0.5) is 19.7 Å². The SMILES string of the molecule is CC(C)(C)OC(=O)Nc1cccc(CN2C(=O)Oc3cc(Oc4cccnn4)ccc3C2(C)C)c1F. The number of nitrogens with one attached hydrogen (secondary N) is 1. The summed E-state index contributed by atoms with van der Waals surface area (Å²) in [5, 5.41) is 10.1. The van der Waals surface area contributed by atoms with Crippen LogP contribution in [0.5, 0.6) is 17.4 Å². The quantitative estimate of drug-likeness (QED) is 0.464. The molecule has 2 heterocycles. The molecule has 0 atom stereocenters. The molecule has 0 spiro atoms. The van der Waals surface area contributed by atoms with E-state index in [4.69, 9.17) is 14.2 Å². The Morgan fingerprint density at radius 2 is 1.94 bits per heavy atom. The largest absolute Gasteiger partial charge is 0.444 e. The van der Waals surface area contributed by atoms with Crippen LogP contribution < -0.4 is 14.8 Å². The van der Waals surface area contributed by atoms with E-state index < -0.39 is 29.1 Å². The average molecular weight is 495 g/mol. The number of benzene rings is 2. The third-order valence-electron chi connectivity index (χ3n) is 5.52. The van der Waals surface area contributed by atoms with Crippen molar-refractivity contribution in [2.24, 2.45) is 0 Å². The van der Waals surface area contributed by atoms with Gasteiger partial charge in [0.25, 0.3) is 0 Å². The van der Waals surface area contributed by atoms with E-state index in [-0.39, 0.29) is 17.8 Å². The molecule has 188 valence electrons. The molecule has 0 saturated carbocycles. The monoisotopic (exact) mass is 494 g/mol. The highest BCUT2D eigenvalue weighted by molar-refractivity contribution is 5.85. The minimum atomic E-state index is -0.837. The summed E-state index contributed by atoms with van der Waals surface area (Å²) < 4.78 is 31.8. The number of rotatable bonds is 5. The van der Waals surface area contributed by atoms with Crippen molar-refractivity contribution in [2.45, 2.75) is 52.3 Å². The zero-order valence-electron chi connectivity index (χ0n) is 20.7. The second kappa shape index (κ2) is 9.44. The summed E-state index contributed by atoms with van der Waals surface area (Å²) >= 11 is 0. The molecule has 0 unspecified atom stereocenters. The molecule has 1 N–H and O–H groups in total. The molecule has 0 aliphatic carbocycles. The van der Waals surface area contributed by atoms with Gasteiger partial charge in [0, 0.05) is 29.5 Å². The number of aromatic nitrogens is 2. The fourth-order valence-electron chi connectivity index (χ4n) is 3.79. The zero-order valence-corrected chi connectivity index (χ0v) is 20.7. The number of hydrogen-bond donors (Lipinski definition) is 1. The zero-order chi connectivity index (χ0) is 26.1. The van der Waals surface area contributed by atoms with Crippen molar-refractivity contribution in [2.75, 3.05) is 5.32 Å². The number of hydrogen-bond acceptors (Lipinski definition) is 7. The summed E-state index contributed by atoms with van der Waals surface area (Å²) in [5.41, 5.74) is -0.684. The van der Waals surface area contributed by atoms with Crippen LogP contribution in [0.1, 0.15) is 45.7 Å². The Morgan fingerprint density at radius 1 is 1.17 bits per heavy atom. The Labute approximate surface area is 208 Å². The van der Waals surface area contributed by atoms with Gasteiger partial charge in [-0.05, 0) is 58.9 Å². The fraction of sp³-hybridized carbons (Fsp3) is 0.308. The molecule has 10 heteroatoms. The van der Waals surface area contributed by atoms with Gasteiger partial charge in [0.15, 0.2) is 5.82 Å². The van der Waals surface area contributed by atoms with Crippen molar-refractivity contribution < 1.29 is 28.2 Å². The van der Waals surface area contributed by atoms with Gasteiger partial charge in [0.1, 0.15) is 17.1 Å². The van der Waals surface area contributed by atoms with Gasteiger partial charge in [-0.1, -0.05) is 12.1 Å². The molecule has 1 aromatic heterocycles. The number of carbonyl (C=O) groups is 2.